The van der Waals surface area contributed by atoms with Crippen molar-refractivity contribution in [2.24, 2.45) is 0 Å². The molecular weight excluding hydrogens is 203 g/mol. The van der Waals surface area contributed by atoms with Gasteiger partial charge in [0, 0.05) is 0 Å². The van der Waals surface area contributed by atoms with Crippen LogP contribution in [-0.4, -0.2) is 0 Å². The number of rotatable bonds is 1. The number of allylic oxidation sites excluding steroid dienone is 1. The van der Waals surface area contributed by atoms with Gasteiger partial charge in [0.15, 0.2) is 0 Å². The topological polar surface area (TPSA) is 47.6 Å². The molecule has 4 heteroatoms. The van der Waals surface area contributed by atoms with Gasteiger partial charge in [-0.25, -0.2) is 4.39 Å². The standard InChI is InChI=1S/C10H4ClFN2/c11-9-2-1-7(4-10(9)12)3-8(5-13)6-14/h1-4H. The normalized spacial score (nSPS) is 8.57. The lowest BCUT2D eigenvalue weighted by Crippen LogP contribution is -1.80. The van der Waals surface area contributed by atoms with Crippen LogP contribution in [0.15, 0.2) is 23.8 Å². The van der Waals surface area contributed by atoms with Crippen LogP contribution in [0.4, 0.5) is 4.39 Å². The molecule has 68 valence electrons. The summed E-state index contributed by atoms with van der Waals surface area (Å²) in [4.78, 5) is 0. The second-order valence-corrected chi connectivity index (χ2v) is 2.86. The molecule has 0 saturated heterocycles. The zero-order valence-corrected chi connectivity index (χ0v) is 7.72. The van der Waals surface area contributed by atoms with E-state index in [1.54, 1.807) is 12.1 Å². The Hall–Kier alpha value is -1.84. The predicted octanol–water partition coefficient (Wildman–Crippen LogP) is 2.91. The summed E-state index contributed by atoms with van der Waals surface area (Å²) in [5.41, 5.74) is 0.358. The van der Waals surface area contributed by atoms with Gasteiger partial charge in [-0.1, -0.05) is 17.7 Å². The fraction of sp³-hybridized carbons (Fsp3) is 0. The van der Waals surface area contributed by atoms with Gasteiger partial charge in [-0.3, -0.25) is 0 Å². The van der Waals surface area contributed by atoms with Crippen LogP contribution in [0.2, 0.25) is 5.02 Å². The van der Waals surface area contributed by atoms with E-state index in [4.69, 9.17) is 22.1 Å². The predicted molar refractivity (Wildman–Crippen MR) is 50.6 cm³/mol. The fourth-order valence-electron chi connectivity index (χ4n) is 0.858. The number of hydrogen-bond acceptors (Lipinski definition) is 2. The molecule has 0 N–H and O–H groups in total. The average molecular weight is 207 g/mol. The molecule has 0 amide bonds. The molecule has 0 saturated carbocycles. The monoisotopic (exact) mass is 206 g/mol. The molecule has 2 nitrogen and oxygen atoms in total. The lowest BCUT2D eigenvalue weighted by molar-refractivity contribution is 0.628. The summed E-state index contributed by atoms with van der Waals surface area (Å²) < 4.78 is 12.9. The molecule has 0 aliphatic heterocycles. The Labute approximate surface area is 85.5 Å². The molecule has 1 aromatic carbocycles. The maximum atomic E-state index is 12.9. The van der Waals surface area contributed by atoms with E-state index >= 15 is 0 Å². The summed E-state index contributed by atoms with van der Waals surface area (Å²) >= 11 is 5.46. The van der Waals surface area contributed by atoms with Crippen molar-refractivity contribution in [1.82, 2.24) is 0 Å². The fourth-order valence-corrected chi connectivity index (χ4v) is 0.976. The van der Waals surface area contributed by atoms with Crippen LogP contribution in [0.5, 0.6) is 0 Å². The van der Waals surface area contributed by atoms with E-state index in [1.807, 2.05) is 0 Å². The summed E-state index contributed by atoms with van der Waals surface area (Å²) in [6.07, 6.45) is 1.29. The van der Waals surface area contributed by atoms with Crippen LogP contribution in [0.3, 0.4) is 0 Å². The van der Waals surface area contributed by atoms with Crippen molar-refractivity contribution in [1.29, 1.82) is 10.5 Å². The van der Waals surface area contributed by atoms with Gasteiger partial charge in [-0.05, 0) is 23.8 Å². The van der Waals surface area contributed by atoms with Crippen LogP contribution in [0.1, 0.15) is 5.56 Å². The Morgan fingerprint density at radius 3 is 2.50 bits per heavy atom. The third kappa shape index (κ3) is 2.32. The molecule has 0 aliphatic rings. The number of nitrogens with zero attached hydrogens (tertiary/aromatic N) is 2. The molecule has 0 bridgehead atoms. The SMILES string of the molecule is N#CC(C#N)=Cc1ccc(Cl)c(F)c1. The Morgan fingerprint density at radius 1 is 1.36 bits per heavy atom. The van der Waals surface area contributed by atoms with Crippen LogP contribution < -0.4 is 0 Å². The van der Waals surface area contributed by atoms with E-state index in [-0.39, 0.29) is 10.6 Å². The maximum Gasteiger partial charge on any atom is 0.142 e. The second-order valence-electron chi connectivity index (χ2n) is 2.46. The molecule has 0 aromatic heterocycles. The lowest BCUT2D eigenvalue weighted by Gasteiger charge is -1.95. The Balaban J connectivity index is 3.13. The second kappa shape index (κ2) is 4.41. The third-order valence-electron chi connectivity index (χ3n) is 1.50. The van der Waals surface area contributed by atoms with Gasteiger partial charge in [-0.15, -0.1) is 0 Å². The van der Waals surface area contributed by atoms with E-state index in [0.29, 0.717) is 5.56 Å². The zero-order valence-electron chi connectivity index (χ0n) is 6.96. The largest absolute Gasteiger partial charge is 0.205 e. The molecule has 0 radical (unpaired) electrons. The molecule has 1 rings (SSSR count). The smallest absolute Gasteiger partial charge is 0.142 e. The van der Waals surface area contributed by atoms with E-state index in [0.717, 1.165) is 6.07 Å². The number of hydrogen-bond donors (Lipinski definition) is 0. The zero-order chi connectivity index (χ0) is 10.6. The minimum absolute atomic E-state index is 0.0117. The summed E-state index contributed by atoms with van der Waals surface area (Å²) in [5.74, 6) is -0.573. The van der Waals surface area contributed by atoms with Crippen molar-refractivity contribution in [3.05, 3.63) is 40.2 Å². The molecule has 0 spiro atoms. The highest BCUT2D eigenvalue weighted by atomic mass is 35.5. The molecular formula is C10H4ClFN2. The van der Waals surface area contributed by atoms with Crippen molar-refractivity contribution < 1.29 is 4.39 Å². The first kappa shape index (κ1) is 10.2. The van der Waals surface area contributed by atoms with Crippen LogP contribution in [0, 0.1) is 28.5 Å². The van der Waals surface area contributed by atoms with Crippen molar-refractivity contribution in [2.75, 3.05) is 0 Å². The number of halogens is 2. The van der Waals surface area contributed by atoms with Crippen molar-refractivity contribution in [3.63, 3.8) is 0 Å². The molecule has 0 atom stereocenters. The van der Waals surface area contributed by atoms with Crippen molar-refractivity contribution >= 4 is 17.7 Å². The van der Waals surface area contributed by atoms with Gasteiger partial charge in [0.25, 0.3) is 0 Å². The highest BCUT2D eigenvalue weighted by molar-refractivity contribution is 6.30. The van der Waals surface area contributed by atoms with Gasteiger partial charge in [0.1, 0.15) is 23.5 Å². The minimum atomic E-state index is -0.573. The van der Waals surface area contributed by atoms with Gasteiger partial charge in [0.2, 0.25) is 0 Å². The van der Waals surface area contributed by atoms with E-state index in [9.17, 15) is 4.39 Å². The Bertz CT molecular complexity index is 450. The highest BCUT2D eigenvalue weighted by Gasteiger charge is 2.00. The summed E-state index contributed by atoms with van der Waals surface area (Å²) in [6, 6.07) is 7.42. The first-order valence-electron chi connectivity index (χ1n) is 3.64. The summed E-state index contributed by atoms with van der Waals surface area (Å²) in [6.45, 7) is 0. The van der Waals surface area contributed by atoms with Gasteiger partial charge in [-0.2, -0.15) is 10.5 Å². The maximum absolute atomic E-state index is 12.9. The molecule has 0 heterocycles. The van der Waals surface area contributed by atoms with E-state index in [1.165, 1.54) is 18.2 Å². The Morgan fingerprint density at radius 2 is 2.00 bits per heavy atom. The van der Waals surface area contributed by atoms with E-state index < -0.39 is 5.82 Å². The third-order valence-corrected chi connectivity index (χ3v) is 1.80. The molecule has 0 fully saturated rings. The Kier molecular flexibility index (Phi) is 3.23. The van der Waals surface area contributed by atoms with Crippen molar-refractivity contribution in [3.8, 4) is 12.1 Å². The van der Waals surface area contributed by atoms with Crippen LogP contribution >= 0.6 is 11.6 Å². The highest BCUT2D eigenvalue weighted by Crippen LogP contribution is 2.17. The first-order valence-corrected chi connectivity index (χ1v) is 4.02. The van der Waals surface area contributed by atoms with Crippen molar-refractivity contribution in [2.45, 2.75) is 0 Å². The first-order chi connectivity index (χ1) is 6.67. The number of benzene rings is 1. The van der Waals surface area contributed by atoms with Gasteiger partial charge >= 0.3 is 0 Å². The van der Waals surface area contributed by atoms with Gasteiger partial charge < -0.3 is 0 Å². The number of nitriles is 2. The summed E-state index contributed by atoms with van der Waals surface area (Å²) in [5, 5.41) is 16.9. The molecule has 14 heavy (non-hydrogen) atoms. The van der Waals surface area contributed by atoms with Gasteiger partial charge in [0.05, 0.1) is 5.02 Å². The van der Waals surface area contributed by atoms with Crippen LogP contribution in [0.25, 0.3) is 6.08 Å². The van der Waals surface area contributed by atoms with E-state index in [2.05, 4.69) is 0 Å². The average Bonchev–Trinajstić information content (AvgIpc) is 2.19. The van der Waals surface area contributed by atoms with Crippen LogP contribution in [-0.2, 0) is 0 Å². The quantitative estimate of drug-likeness (QED) is 0.664. The molecule has 0 aliphatic carbocycles. The lowest BCUT2D eigenvalue weighted by atomic mass is 10.1. The molecule has 1 aromatic rings. The molecule has 0 unspecified atom stereocenters. The minimum Gasteiger partial charge on any atom is -0.205 e. The summed E-state index contributed by atoms with van der Waals surface area (Å²) in [7, 11) is 0.